The fourth-order valence-corrected chi connectivity index (χ4v) is 3.42. The van der Waals surface area contributed by atoms with Gasteiger partial charge in [0.1, 0.15) is 13.1 Å². The summed E-state index contributed by atoms with van der Waals surface area (Å²) in [5.41, 5.74) is 0. The molecule has 1 rings (SSSR count). The van der Waals surface area contributed by atoms with Crippen molar-refractivity contribution in [2.45, 2.75) is 59.4 Å². The van der Waals surface area contributed by atoms with Crippen LogP contribution >= 0.6 is 0 Å². The molecule has 2 heteroatoms. The average molecular weight is 242 g/mol. The van der Waals surface area contributed by atoms with Crippen LogP contribution in [-0.4, -0.2) is 38.8 Å². The first-order chi connectivity index (χ1) is 8.21. The monoisotopic (exact) mass is 242 g/mol. The maximum atomic E-state index is 2.44. The Morgan fingerprint density at radius 1 is 0.941 bits per heavy atom. The third-order valence-electron chi connectivity index (χ3n) is 4.77. The Balaban J connectivity index is 2.36. The van der Waals surface area contributed by atoms with Gasteiger partial charge in [-0.1, -0.05) is 13.3 Å². The molecule has 2 N–H and O–H groups in total. The molecule has 3 atom stereocenters. The summed E-state index contributed by atoms with van der Waals surface area (Å²) in [5.74, 6) is 0.969. The molecule has 0 radical (unpaired) electrons. The molecule has 0 bridgehead atoms. The van der Waals surface area contributed by atoms with Gasteiger partial charge in [-0.3, -0.25) is 0 Å². The second-order valence-electron chi connectivity index (χ2n) is 5.94. The molecule has 2 nitrogen and oxygen atoms in total. The topological polar surface area (TPSA) is 8.88 Å². The number of likely N-dealkylation sites (N-methyl/N-ethyl adjacent to an activating group) is 2. The summed E-state index contributed by atoms with van der Waals surface area (Å²) < 4.78 is 0. The minimum atomic E-state index is 0.957. The lowest BCUT2D eigenvalue weighted by Crippen LogP contribution is -3.22. The highest BCUT2D eigenvalue weighted by molar-refractivity contribution is 4.69. The van der Waals surface area contributed by atoms with Crippen molar-refractivity contribution < 1.29 is 9.80 Å². The van der Waals surface area contributed by atoms with Gasteiger partial charge in [0, 0.05) is 6.42 Å². The zero-order valence-corrected chi connectivity index (χ0v) is 12.5. The third-order valence-corrected chi connectivity index (χ3v) is 4.77. The van der Waals surface area contributed by atoms with Crippen LogP contribution in [0.5, 0.6) is 0 Å². The SMILES string of the molecule is CC[NH+](CC)CC[NH+](CC)[C@H]1CCC[C@H](C)C1. The van der Waals surface area contributed by atoms with Crippen LogP contribution in [0.25, 0.3) is 0 Å². The molecular formula is C15H34N2+2. The number of hydrogen-bond acceptors (Lipinski definition) is 0. The van der Waals surface area contributed by atoms with Crippen molar-refractivity contribution in [1.29, 1.82) is 0 Å². The smallest absolute Gasteiger partial charge is 0.127 e. The quantitative estimate of drug-likeness (QED) is 0.639. The van der Waals surface area contributed by atoms with E-state index in [1.807, 2.05) is 4.90 Å². The molecule has 0 aliphatic heterocycles. The van der Waals surface area contributed by atoms with E-state index < -0.39 is 0 Å². The van der Waals surface area contributed by atoms with E-state index in [2.05, 4.69) is 27.7 Å². The molecule has 1 aliphatic carbocycles. The summed E-state index contributed by atoms with van der Waals surface area (Å²) in [6, 6.07) is 0.957. The largest absolute Gasteiger partial charge is 0.331 e. The number of hydrogen-bond donors (Lipinski definition) is 2. The van der Waals surface area contributed by atoms with Gasteiger partial charge in [0.15, 0.2) is 0 Å². The Labute approximate surface area is 108 Å². The number of nitrogens with one attached hydrogen (secondary N) is 2. The van der Waals surface area contributed by atoms with Gasteiger partial charge in [-0.05, 0) is 39.5 Å². The predicted molar refractivity (Wildman–Crippen MR) is 74.7 cm³/mol. The van der Waals surface area contributed by atoms with Gasteiger partial charge in [0.05, 0.1) is 25.7 Å². The summed E-state index contributed by atoms with van der Waals surface area (Å²) >= 11 is 0. The summed E-state index contributed by atoms with van der Waals surface area (Å²) in [6.07, 6.45) is 5.88. The van der Waals surface area contributed by atoms with Gasteiger partial charge in [0.2, 0.25) is 0 Å². The number of quaternary nitrogens is 2. The minimum Gasteiger partial charge on any atom is -0.331 e. The van der Waals surface area contributed by atoms with Crippen molar-refractivity contribution in [3.63, 3.8) is 0 Å². The molecule has 0 aromatic carbocycles. The van der Waals surface area contributed by atoms with E-state index in [-0.39, 0.29) is 0 Å². The molecule has 0 heterocycles. The van der Waals surface area contributed by atoms with E-state index in [9.17, 15) is 0 Å². The fourth-order valence-electron chi connectivity index (χ4n) is 3.42. The normalized spacial score (nSPS) is 27.4. The minimum absolute atomic E-state index is 0.957. The standard InChI is InChI=1S/C15H32N2/c1-5-16(6-2)11-12-17(7-3)15-10-8-9-14(4)13-15/h14-15H,5-13H2,1-4H3/p+2/t14-,15-/m0/s1. The molecule has 0 aromatic rings. The van der Waals surface area contributed by atoms with Crippen LogP contribution in [0.15, 0.2) is 0 Å². The van der Waals surface area contributed by atoms with Crippen molar-refractivity contribution in [1.82, 2.24) is 0 Å². The van der Waals surface area contributed by atoms with Crippen molar-refractivity contribution in [2.75, 3.05) is 32.7 Å². The Kier molecular flexibility index (Phi) is 7.14. The van der Waals surface area contributed by atoms with Crippen LogP contribution in [0.2, 0.25) is 0 Å². The molecule has 0 amide bonds. The predicted octanol–water partition coefficient (Wildman–Crippen LogP) is 0.395. The van der Waals surface area contributed by atoms with Crippen molar-refractivity contribution >= 4 is 0 Å². The fraction of sp³-hybridized carbons (Fsp3) is 1.00. The number of rotatable bonds is 7. The lowest BCUT2D eigenvalue weighted by Gasteiger charge is -2.33. The molecule has 0 saturated heterocycles. The molecule has 0 spiro atoms. The third kappa shape index (κ3) is 4.97. The van der Waals surface area contributed by atoms with Crippen LogP contribution in [0.1, 0.15) is 53.4 Å². The molecular weight excluding hydrogens is 208 g/mol. The molecule has 1 aliphatic rings. The zero-order chi connectivity index (χ0) is 12.7. The molecule has 1 saturated carbocycles. The molecule has 0 aromatic heterocycles. The van der Waals surface area contributed by atoms with Crippen LogP contribution in [0.4, 0.5) is 0 Å². The Morgan fingerprint density at radius 2 is 1.65 bits per heavy atom. The first-order valence-corrected chi connectivity index (χ1v) is 7.89. The van der Waals surface area contributed by atoms with Gasteiger partial charge >= 0.3 is 0 Å². The van der Waals surface area contributed by atoms with Gasteiger partial charge in [-0.15, -0.1) is 0 Å². The second-order valence-corrected chi connectivity index (χ2v) is 5.94. The summed E-state index contributed by atoms with van der Waals surface area (Å²) in [7, 11) is 0. The van der Waals surface area contributed by atoms with Gasteiger partial charge in [-0.2, -0.15) is 0 Å². The van der Waals surface area contributed by atoms with Crippen LogP contribution in [0, 0.1) is 5.92 Å². The van der Waals surface area contributed by atoms with Crippen LogP contribution in [0.3, 0.4) is 0 Å². The molecule has 1 unspecified atom stereocenters. The highest BCUT2D eigenvalue weighted by Gasteiger charge is 2.27. The summed E-state index contributed by atoms with van der Waals surface area (Å²) in [5, 5.41) is 0. The van der Waals surface area contributed by atoms with E-state index in [1.54, 1.807) is 4.90 Å². The lowest BCUT2D eigenvalue weighted by atomic mass is 9.86. The van der Waals surface area contributed by atoms with Crippen LogP contribution in [-0.2, 0) is 0 Å². The first kappa shape index (κ1) is 15.0. The Hall–Kier alpha value is -0.0800. The highest BCUT2D eigenvalue weighted by Crippen LogP contribution is 2.21. The van der Waals surface area contributed by atoms with Crippen molar-refractivity contribution in [3.8, 4) is 0 Å². The second kappa shape index (κ2) is 8.10. The average Bonchev–Trinajstić information content (AvgIpc) is 2.35. The van der Waals surface area contributed by atoms with Gasteiger partial charge in [0.25, 0.3) is 0 Å². The zero-order valence-electron chi connectivity index (χ0n) is 12.5. The summed E-state index contributed by atoms with van der Waals surface area (Å²) in [4.78, 5) is 3.63. The van der Waals surface area contributed by atoms with Crippen LogP contribution < -0.4 is 9.80 Å². The van der Waals surface area contributed by atoms with E-state index >= 15 is 0 Å². The summed E-state index contributed by atoms with van der Waals surface area (Å²) in [6.45, 7) is 16.1. The molecule has 1 fully saturated rings. The van der Waals surface area contributed by atoms with Gasteiger partial charge in [-0.25, -0.2) is 0 Å². The van der Waals surface area contributed by atoms with E-state index in [4.69, 9.17) is 0 Å². The highest BCUT2D eigenvalue weighted by atomic mass is 15.2. The first-order valence-electron chi connectivity index (χ1n) is 7.89. The van der Waals surface area contributed by atoms with Gasteiger partial charge < -0.3 is 9.80 Å². The van der Waals surface area contributed by atoms with E-state index in [1.165, 1.54) is 58.4 Å². The lowest BCUT2D eigenvalue weighted by molar-refractivity contribution is -0.969. The van der Waals surface area contributed by atoms with E-state index in [0.29, 0.717) is 0 Å². The maximum absolute atomic E-state index is 2.44. The van der Waals surface area contributed by atoms with Crippen molar-refractivity contribution in [2.24, 2.45) is 5.92 Å². The van der Waals surface area contributed by atoms with Crippen molar-refractivity contribution in [3.05, 3.63) is 0 Å². The maximum Gasteiger partial charge on any atom is 0.127 e. The molecule has 17 heavy (non-hydrogen) atoms. The van der Waals surface area contributed by atoms with E-state index in [0.717, 1.165) is 12.0 Å². The Bertz CT molecular complexity index is 189. The molecule has 102 valence electrons. The Morgan fingerprint density at radius 3 is 2.18 bits per heavy atom.